The standard InChI is InChI=1S/C17H28N2O/c1-3-16(4-2)10-12-19(13-11-16)15(20)17(14-18)8-6-5-7-9-17/h3-13H2,1-2H3. The second-order valence-corrected chi connectivity index (χ2v) is 6.75. The maximum Gasteiger partial charge on any atom is 0.243 e. The third-order valence-corrected chi connectivity index (χ3v) is 5.94. The Kier molecular flexibility index (Phi) is 4.73. The fourth-order valence-electron chi connectivity index (χ4n) is 3.97. The minimum atomic E-state index is -0.698. The van der Waals surface area contributed by atoms with Crippen LogP contribution in [0.4, 0.5) is 0 Å². The van der Waals surface area contributed by atoms with Crippen molar-refractivity contribution >= 4 is 5.91 Å². The molecule has 0 aromatic carbocycles. The van der Waals surface area contributed by atoms with E-state index in [2.05, 4.69) is 19.9 Å². The highest BCUT2D eigenvalue weighted by molar-refractivity contribution is 5.85. The van der Waals surface area contributed by atoms with Gasteiger partial charge in [0.2, 0.25) is 5.91 Å². The predicted molar refractivity (Wildman–Crippen MR) is 80.0 cm³/mol. The molecule has 112 valence electrons. The van der Waals surface area contributed by atoms with Crippen LogP contribution in [-0.2, 0) is 4.79 Å². The summed E-state index contributed by atoms with van der Waals surface area (Å²) in [5, 5.41) is 9.54. The van der Waals surface area contributed by atoms with E-state index >= 15 is 0 Å². The SMILES string of the molecule is CCC1(CC)CCN(C(=O)C2(C#N)CCCCC2)CC1. The molecule has 0 bridgehead atoms. The van der Waals surface area contributed by atoms with Gasteiger partial charge in [0.25, 0.3) is 0 Å². The van der Waals surface area contributed by atoms with E-state index in [1.54, 1.807) is 0 Å². The second-order valence-electron chi connectivity index (χ2n) is 6.75. The normalized spacial score (nSPS) is 24.9. The average molecular weight is 276 g/mol. The Hall–Kier alpha value is -1.04. The van der Waals surface area contributed by atoms with Gasteiger partial charge in [-0.3, -0.25) is 4.79 Å². The minimum absolute atomic E-state index is 0.125. The highest BCUT2D eigenvalue weighted by Gasteiger charge is 2.44. The van der Waals surface area contributed by atoms with Crippen LogP contribution in [-0.4, -0.2) is 23.9 Å². The summed E-state index contributed by atoms with van der Waals surface area (Å²) in [6.07, 6.45) is 9.38. The van der Waals surface area contributed by atoms with Gasteiger partial charge in [-0.25, -0.2) is 0 Å². The Morgan fingerprint density at radius 2 is 1.60 bits per heavy atom. The Morgan fingerprint density at radius 1 is 1.05 bits per heavy atom. The number of carbonyl (C=O) groups is 1. The summed E-state index contributed by atoms with van der Waals surface area (Å²) in [6, 6.07) is 2.37. The number of piperidine rings is 1. The molecule has 1 saturated heterocycles. The lowest BCUT2D eigenvalue weighted by Gasteiger charge is -2.43. The molecular weight excluding hydrogens is 248 g/mol. The number of hydrogen-bond acceptors (Lipinski definition) is 2. The molecule has 1 heterocycles. The van der Waals surface area contributed by atoms with Crippen LogP contribution in [0.15, 0.2) is 0 Å². The molecule has 1 aliphatic heterocycles. The van der Waals surface area contributed by atoms with Crippen LogP contribution in [0.1, 0.15) is 71.6 Å². The molecule has 0 aromatic rings. The summed E-state index contributed by atoms with van der Waals surface area (Å²) >= 11 is 0. The molecule has 3 nitrogen and oxygen atoms in total. The van der Waals surface area contributed by atoms with E-state index in [4.69, 9.17) is 0 Å². The molecule has 2 fully saturated rings. The van der Waals surface area contributed by atoms with Crippen LogP contribution in [0.2, 0.25) is 0 Å². The van der Waals surface area contributed by atoms with Crippen LogP contribution in [0.5, 0.6) is 0 Å². The van der Waals surface area contributed by atoms with Gasteiger partial charge in [-0.1, -0.05) is 46.0 Å². The summed E-state index contributed by atoms with van der Waals surface area (Å²) in [5.41, 5.74) is -0.264. The molecule has 1 amide bonds. The number of nitriles is 1. The first kappa shape index (κ1) is 15.4. The first-order chi connectivity index (χ1) is 9.61. The first-order valence-corrected chi connectivity index (χ1v) is 8.32. The zero-order valence-corrected chi connectivity index (χ0v) is 13.1. The van der Waals surface area contributed by atoms with Crippen molar-refractivity contribution in [2.75, 3.05) is 13.1 Å². The van der Waals surface area contributed by atoms with Crippen molar-refractivity contribution in [1.29, 1.82) is 5.26 Å². The molecule has 3 heteroatoms. The number of amides is 1. The molecular formula is C17H28N2O. The lowest BCUT2D eigenvalue weighted by Crippen LogP contribution is -2.49. The van der Waals surface area contributed by atoms with Crippen molar-refractivity contribution in [3.63, 3.8) is 0 Å². The summed E-state index contributed by atoms with van der Waals surface area (Å²) in [7, 11) is 0. The molecule has 2 aliphatic rings. The van der Waals surface area contributed by atoms with Gasteiger partial charge in [-0.05, 0) is 31.1 Å². The molecule has 1 aliphatic carbocycles. The predicted octanol–water partition coefficient (Wildman–Crippen LogP) is 3.89. The summed E-state index contributed by atoms with van der Waals surface area (Å²) < 4.78 is 0. The van der Waals surface area contributed by atoms with E-state index in [9.17, 15) is 10.1 Å². The third-order valence-electron chi connectivity index (χ3n) is 5.94. The Labute approximate surface area is 123 Å². The van der Waals surface area contributed by atoms with E-state index in [-0.39, 0.29) is 5.91 Å². The minimum Gasteiger partial charge on any atom is -0.341 e. The smallest absolute Gasteiger partial charge is 0.243 e. The van der Waals surface area contributed by atoms with E-state index in [0.29, 0.717) is 5.41 Å². The van der Waals surface area contributed by atoms with Gasteiger partial charge in [0.05, 0.1) is 6.07 Å². The van der Waals surface area contributed by atoms with Crippen LogP contribution < -0.4 is 0 Å². The van der Waals surface area contributed by atoms with Gasteiger partial charge in [0, 0.05) is 13.1 Å². The lowest BCUT2D eigenvalue weighted by atomic mass is 9.71. The highest BCUT2D eigenvalue weighted by Crippen LogP contribution is 2.41. The van der Waals surface area contributed by atoms with Crippen molar-refractivity contribution in [3.8, 4) is 6.07 Å². The van der Waals surface area contributed by atoms with E-state index in [0.717, 1.165) is 51.6 Å². The van der Waals surface area contributed by atoms with Crippen molar-refractivity contribution in [3.05, 3.63) is 0 Å². The average Bonchev–Trinajstić information content (AvgIpc) is 2.55. The number of nitrogens with zero attached hydrogens (tertiary/aromatic N) is 2. The van der Waals surface area contributed by atoms with Crippen molar-refractivity contribution in [2.24, 2.45) is 10.8 Å². The summed E-state index contributed by atoms with van der Waals surface area (Å²) in [6.45, 7) is 6.23. The summed E-state index contributed by atoms with van der Waals surface area (Å²) in [5.74, 6) is 0.125. The Morgan fingerprint density at radius 3 is 2.05 bits per heavy atom. The highest BCUT2D eigenvalue weighted by atomic mass is 16.2. The fraction of sp³-hybridized carbons (Fsp3) is 0.882. The van der Waals surface area contributed by atoms with Gasteiger partial charge in [-0.2, -0.15) is 5.26 Å². The van der Waals surface area contributed by atoms with Crippen LogP contribution in [0.25, 0.3) is 0 Å². The van der Waals surface area contributed by atoms with Crippen molar-refractivity contribution < 1.29 is 4.79 Å². The van der Waals surface area contributed by atoms with Gasteiger partial charge in [-0.15, -0.1) is 0 Å². The topological polar surface area (TPSA) is 44.1 Å². The maximum absolute atomic E-state index is 12.8. The van der Waals surface area contributed by atoms with Gasteiger partial charge < -0.3 is 4.90 Å². The van der Waals surface area contributed by atoms with Gasteiger partial charge in [0.15, 0.2) is 0 Å². The summed E-state index contributed by atoms with van der Waals surface area (Å²) in [4.78, 5) is 14.8. The van der Waals surface area contributed by atoms with Crippen LogP contribution >= 0.6 is 0 Å². The molecule has 0 unspecified atom stereocenters. The van der Waals surface area contributed by atoms with E-state index in [1.165, 1.54) is 19.3 Å². The number of hydrogen-bond donors (Lipinski definition) is 0. The molecule has 0 atom stereocenters. The molecule has 1 saturated carbocycles. The van der Waals surface area contributed by atoms with Gasteiger partial charge >= 0.3 is 0 Å². The molecule has 0 N–H and O–H groups in total. The van der Waals surface area contributed by atoms with E-state index < -0.39 is 5.41 Å². The first-order valence-electron chi connectivity index (χ1n) is 8.32. The van der Waals surface area contributed by atoms with Crippen molar-refractivity contribution in [2.45, 2.75) is 71.6 Å². The molecule has 0 radical (unpaired) electrons. The maximum atomic E-state index is 12.8. The second kappa shape index (κ2) is 6.16. The zero-order valence-electron chi connectivity index (χ0n) is 13.1. The third kappa shape index (κ3) is 2.71. The molecule has 20 heavy (non-hydrogen) atoms. The van der Waals surface area contributed by atoms with E-state index in [1.807, 2.05) is 4.90 Å². The lowest BCUT2D eigenvalue weighted by molar-refractivity contribution is -0.143. The number of carbonyl (C=O) groups excluding carboxylic acids is 1. The quantitative estimate of drug-likeness (QED) is 0.785. The fourth-order valence-corrected chi connectivity index (χ4v) is 3.97. The Balaban J connectivity index is 2.03. The number of likely N-dealkylation sites (tertiary alicyclic amines) is 1. The molecule has 0 spiro atoms. The monoisotopic (exact) mass is 276 g/mol. The molecule has 2 rings (SSSR count). The largest absolute Gasteiger partial charge is 0.341 e. The van der Waals surface area contributed by atoms with Crippen molar-refractivity contribution in [1.82, 2.24) is 4.90 Å². The molecule has 0 aromatic heterocycles. The zero-order chi connectivity index (χ0) is 14.6. The Bertz CT molecular complexity index is 376. The van der Waals surface area contributed by atoms with Gasteiger partial charge in [0.1, 0.15) is 5.41 Å². The van der Waals surface area contributed by atoms with Crippen LogP contribution in [0.3, 0.4) is 0 Å². The van der Waals surface area contributed by atoms with Crippen LogP contribution in [0, 0.1) is 22.2 Å². The number of rotatable bonds is 3.